The molecule has 1 heterocycles. The summed E-state index contributed by atoms with van der Waals surface area (Å²) >= 11 is 4.81. The Morgan fingerprint density at radius 1 is 1.39 bits per heavy atom. The van der Waals surface area contributed by atoms with E-state index in [-0.39, 0.29) is 5.91 Å². The number of aryl methyl sites for hydroxylation is 2. The van der Waals surface area contributed by atoms with Crippen molar-refractivity contribution in [3.8, 4) is 0 Å². The number of carbonyl (C=O) groups is 1. The van der Waals surface area contributed by atoms with Crippen LogP contribution in [0, 0.1) is 13.8 Å². The van der Waals surface area contributed by atoms with Crippen LogP contribution in [0.15, 0.2) is 28.1 Å². The summed E-state index contributed by atoms with van der Waals surface area (Å²) in [7, 11) is 0. The molecule has 0 saturated carbocycles. The second-order valence-corrected chi connectivity index (χ2v) is 5.87. The topological polar surface area (TPSA) is 55.1 Å². The lowest BCUT2D eigenvalue weighted by atomic mass is 10.1. The highest BCUT2D eigenvalue weighted by Crippen LogP contribution is 2.29. The van der Waals surface area contributed by atoms with Crippen LogP contribution in [0.3, 0.4) is 0 Å². The van der Waals surface area contributed by atoms with Gasteiger partial charge >= 0.3 is 0 Å². The quantitative estimate of drug-likeness (QED) is 0.878. The molecule has 3 nitrogen and oxygen atoms in total. The van der Waals surface area contributed by atoms with Crippen LogP contribution in [0.2, 0.25) is 0 Å². The van der Waals surface area contributed by atoms with Gasteiger partial charge in [-0.3, -0.25) is 4.79 Å². The van der Waals surface area contributed by atoms with Crippen LogP contribution < -0.4 is 11.1 Å². The van der Waals surface area contributed by atoms with Gasteiger partial charge in [0.15, 0.2) is 0 Å². The summed E-state index contributed by atoms with van der Waals surface area (Å²) < 4.78 is 0.878. The molecule has 0 spiro atoms. The maximum atomic E-state index is 12.1. The van der Waals surface area contributed by atoms with E-state index in [0.717, 1.165) is 21.3 Å². The molecule has 1 aromatic heterocycles. The van der Waals surface area contributed by atoms with E-state index in [1.54, 1.807) is 11.4 Å². The first kappa shape index (κ1) is 13.1. The van der Waals surface area contributed by atoms with Gasteiger partial charge in [-0.1, -0.05) is 6.07 Å². The third-order valence-electron chi connectivity index (χ3n) is 2.57. The molecule has 0 bridgehead atoms. The van der Waals surface area contributed by atoms with Crippen LogP contribution in [0.1, 0.15) is 20.8 Å². The molecule has 2 rings (SSSR count). The summed E-state index contributed by atoms with van der Waals surface area (Å²) in [6.45, 7) is 3.98. The van der Waals surface area contributed by atoms with Crippen LogP contribution in [0.4, 0.5) is 11.4 Å². The molecule has 2 aromatic rings. The number of thiophene rings is 1. The van der Waals surface area contributed by atoms with Gasteiger partial charge in [0.2, 0.25) is 0 Å². The number of nitrogens with two attached hydrogens (primary N) is 1. The van der Waals surface area contributed by atoms with E-state index in [2.05, 4.69) is 21.2 Å². The third kappa shape index (κ3) is 2.57. The minimum Gasteiger partial charge on any atom is -0.397 e. The highest BCUT2D eigenvalue weighted by atomic mass is 79.9. The molecule has 0 aliphatic rings. The molecule has 1 aromatic carbocycles. The van der Waals surface area contributed by atoms with E-state index in [9.17, 15) is 4.79 Å². The number of hydrogen-bond acceptors (Lipinski definition) is 3. The standard InChI is InChI=1S/C13H13BrN2OS/c1-7-5-8(2)11(9(14)6-7)16-13(17)12-10(15)3-4-18-12/h3-6H,15H2,1-2H3,(H,16,17). The normalized spacial score (nSPS) is 10.4. The van der Waals surface area contributed by atoms with Crippen LogP contribution in [0.25, 0.3) is 0 Å². The average molecular weight is 325 g/mol. The fraction of sp³-hybridized carbons (Fsp3) is 0.154. The Morgan fingerprint density at radius 3 is 2.67 bits per heavy atom. The largest absolute Gasteiger partial charge is 0.397 e. The average Bonchev–Trinajstić information content (AvgIpc) is 2.69. The van der Waals surface area contributed by atoms with Crippen molar-refractivity contribution in [3.05, 3.63) is 44.1 Å². The number of nitrogen functional groups attached to an aromatic ring is 1. The Balaban J connectivity index is 2.31. The predicted octanol–water partition coefficient (Wildman–Crippen LogP) is 3.96. The first-order chi connectivity index (χ1) is 8.49. The number of halogens is 1. The number of carbonyl (C=O) groups excluding carboxylic acids is 1. The summed E-state index contributed by atoms with van der Waals surface area (Å²) in [5.74, 6) is -0.171. The smallest absolute Gasteiger partial charge is 0.267 e. The summed E-state index contributed by atoms with van der Waals surface area (Å²) in [4.78, 5) is 12.6. The van der Waals surface area contributed by atoms with E-state index < -0.39 is 0 Å². The number of anilines is 2. The molecule has 18 heavy (non-hydrogen) atoms. The fourth-order valence-corrected chi connectivity index (χ4v) is 3.23. The highest BCUT2D eigenvalue weighted by Gasteiger charge is 2.14. The summed E-state index contributed by atoms with van der Waals surface area (Å²) in [6, 6.07) is 5.73. The van der Waals surface area contributed by atoms with E-state index in [1.807, 2.05) is 26.0 Å². The SMILES string of the molecule is Cc1cc(C)c(NC(=O)c2sccc2N)c(Br)c1. The number of hydrogen-bond donors (Lipinski definition) is 2. The molecule has 5 heteroatoms. The van der Waals surface area contributed by atoms with Crippen molar-refractivity contribution >= 4 is 44.5 Å². The van der Waals surface area contributed by atoms with E-state index >= 15 is 0 Å². The third-order valence-corrected chi connectivity index (χ3v) is 4.13. The number of benzene rings is 1. The second kappa shape index (κ2) is 5.12. The lowest BCUT2D eigenvalue weighted by molar-refractivity contribution is 0.103. The molecule has 0 aliphatic carbocycles. The zero-order chi connectivity index (χ0) is 13.3. The molecule has 0 fully saturated rings. The van der Waals surface area contributed by atoms with Gasteiger partial charge in [-0.2, -0.15) is 0 Å². The fourth-order valence-electron chi connectivity index (χ4n) is 1.75. The van der Waals surface area contributed by atoms with Gasteiger partial charge in [0, 0.05) is 4.47 Å². The summed E-state index contributed by atoms with van der Waals surface area (Å²) in [6.07, 6.45) is 0. The minimum atomic E-state index is -0.171. The van der Waals surface area contributed by atoms with Crippen molar-refractivity contribution in [3.63, 3.8) is 0 Å². The predicted molar refractivity (Wildman–Crippen MR) is 80.3 cm³/mol. The Labute approximate surface area is 118 Å². The van der Waals surface area contributed by atoms with E-state index in [4.69, 9.17) is 5.73 Å². The first-order valence-electron chi connectivity index (χ1n) is 5.40. The molecule has 0 atom stereocenters. The lowest BCUT2D eigenvalue weighted by Crippen LogP contribution is -2.13. The van der Waals surface area contributed by atoms with E-state index in [0.29, 0.717) is 10.6 Å². The van der Waals surface area contributed by atoms with Gasteiger partial charge in [0.25, 0.3) is 5.91 Å². The van der Waals surface area contributed by atoms with Gasteiger partial charge in [0.05, 0.1) is 11.4 Å². The molecule has 0 saturated heterocycles. The number of nitrogens with one attached hydrogen (secondary N) is 1. The van der Waals surface area contributed by atoms with Gasteiger partial charge < -0.3 is 11.1 Å². The van der Waals surface area contributed by atoms with Crippen LogP contribution in [-0.4, -0.2) is 5.91 Å². The Morgan fingerprint density at radius 2 is 2.11 bits per heavy atom. The van der Waals surface area contributed by atoms with Crippen molar-refractivity contribution in [2.75, 3.05) is 11.1 Å². The van der Waals surface area contributed by atoms with Crippen molar-refractivity contribution in [1.82, 2.24) is 0 Å². The highest BCUT2D eigenvalue weighted by molar-refractivity contribution is 9.10. The molecule has 1 amide bonds. The van der Waals surface area contributed by atoms with Crippen molar-refractivity contribution in [2.24, 2.45) is 0 Å². The van der Waals surface area contributed by atoms with Crippen molar-refractivity contribution in [1.29, 1.82) is 0 Å². The van der Waals surface area contributed by atoms with Gasteiger partial charge in [-0.05, 0) is 58.4 Å². The summed E-state index contributed by atoms with van der Waals surface area (Å²) in [5.41, 5.74) is 9.20. The molecular weight excluding hydrogens is 312 g/mol. The lowest BCUT2D eigenvalue weighted by Gasteiger charge is -2.11. The van der Waals surface area contributed by atoms with Gasteiger partial charge in [0.1, 0.15) is 4.88 Å². The molecular formula is C13H13BrN2OS. The maximum Gasteiger partial charge on any atom is 0.267 e. The van der Waals surface area contributed by atoms with E-state index in [1.165, 1.54) is 11.3 Å². The van der Waals surface area contributed by atoms with Crippen molar-refractivity contribution in [2.45, 2.75) is 13.8 Å². The minimum absolute atomic E-state index is 0.171. The first-order valence-corrected chi connectivity index (χ1v) is 7.07. The molecule has 94 valence electrons. The van der Waals surface area contributed by atoms with Crippen LogP contribution in [-0.2, 0) is 0 Å². The second-order valence-electron chi connectivity index (χ2n) is 4.10. The molecule has 3 N–H and O–H groups in total. The number of rotatable bonds is 2. The van der Waals surface area contributed by atoms with Crippen molar-refractivity contribution < 1.29 is 4.79 Å². The Bertz CT molecular complexity index is 584. The Kier molecular flexibility index (Phi) is 3.73. The molecule has 0 aliphatic heterocycles. The zero-order valence-electron chi connectivity index (χ0n) is 10.1. The number of amides is 1. The molecule has 0 unspecified atom stereocenters. The maximum absolute atomic E-state index is 12.1. The Hall–Kier alpha value is -1.33. The van der Waals surface area contributed by atoms with Gasteiger partial charge in [-0.15, -0.1) is 11.3 Å². The zero-order valence-corrected chi connectivity index (χ0v) is 12.5. The van der Waals surface area contributed by atoms with Crippen LogP contribution >= 0.6 is 27.3 Å². The molecule has 0 radical (unpaired) electrons. The van der Waals surface area contributed by atoms with Gasteiger partial charge in [-0.25, -0.2) is 0 Å². The van der Waals surface area contributed by atoms with Crippen LogP contribution in [0.5, 0.6) is 0 Å². The summed E-state index contributed by atoms with van der Waals surface area (Å²) in [5, 5.41) is 4.70. The monoisotopic (exact) mass is 324 g/mol.